The van der Waals surface area contributed by atoms with E-state index in [9.17, 15) is 4.79 Å². The average molecular weight is 410 g/mol. The summed E-state index contributed by atoms with van der Waals surface area (Å²) in [6, 6.07) is 15.1. The number of rotatable bonds is 7. The largest absolute Gasteiger partial charge is 0.489 e. The van der Waals surface area contributed by atoms with E-state index in [4.69, 9.17) is 9.47 Å². The second kappa shape index (κ2) is 9.49. The van der Waals surface area contributed by atoms with Gasteiger partial charge in [-0.05, 0) is 63.1 Å². The third kappa shape index (κ3) is 5.32. The number of nitrogens with zero attached hydrogens (tertiary/aromatic N) is 1. The molecule has 0 radical (unpaired) electrons. The molecule has 0 spiro atoms. The number of ether oxygens (including phenoxy) is 2. The van der Waals surface area contributed by atoms with Gasteiger partial charge in [0.05, 0.1) is 24.4 Å². The van der Waals surface area contributed by atoms with Gasteiger partial charge >= 0.3 is 0 Å². The van der Waals surface area contributed by atoms with Crippen molar-refractivity contribution in [3.8, 4) is 5.75 Å². The molecule has 1 atom stereocenters. The van der Waals surface area contributed by atoms with Crippen LogP contribution in [0.15, 0.2) is 48.5 Å². The van der Waals surface area contributed by atoms with Gasteiger partial charge in [-0.1, -0.05) is 18.2 Å². The first-order valence-electron chi connectivity index (χ1n) is 10.8. The van der Waals surface area contributed by atoms with E-state index in [1.54, 1.807) is 0 Å². The Balaban J connectivity index is 1.32. The van der Waals surface area contributed by atoms with Crippen LogP contribution in [0.3, 0.4) is 0 Å². The standard InChI is InChI=1S/C24H31N3O3/c1-24(11-5-6-12-27-13-15-29-16-14-27)18-30-22-10-9-19(17-21(22)26-24)23(28)25-20-7-3-2-4-8-20/h2-4,7-10,17,26H,5-6,11-16,18H2,1H3,(H,25,28). The van der Waals surface area contributed by atoms with E-state index < -0.39 is 0 Å². The van der Waals surface area contributed by atoms with Crippen LogP contribution >= 0.6 is 0 Å². The Hall–Kier alpha value is -2.57. The molecule has 1 amide bonds. The first-order chi connectivity index (χ1) is 14.6. The number of nitrogens with one attached hydrogen (secondary N) is 2. The lowest BCUT2D eigenvalue weighted by Crippen LogP contribution is -2.44. The number of carbonyl (C=O) groups is 1. The number of amides is 1. The first kappa shape index (κ1) is 20.7. The fourth-order valence-electron chi connectivity index (χ4n) is 4.03. The summed E-state index contributed by atoms with van der Waals surface area (Å²) >= 11 is 0. The zero-order valence-electron chi connectivity index (χ0n) is 17.7. The van der Waals surface area contributed by atoms with Gasteiger partial charge in [0, 0.05) is 24.3 Å². The van der Waals surface area contributed by atoms with Gasteiger partial charge in [0.25, 0.3) is 5.91 Å². The normalized spacial score (nSPS) is 21.2. The van der Waals surface area contributed by atoms with Crippen molar-refractivity contribution in [1.29, 1.82) is 0 Å². The summed E-state index contributed by atoms with van der Waals surface area (Å²) in [7, 11) is 0. The number of morpholine rings is 1. The van der Waals surface area contributed by atoms with E-state index in [1.165, 1.54) is 6.42 Å². The maximum absolute atomic E-state index is 12.6. The fraction of sp³-hybridized carbons (Fsp3) is 0.458. The minimum Gasteiger partial charge on any atom is -0.489 e. The van der Waals surface area contributed by atoms with E-state index >= 15 is 0 Å². The molecule has 2 aliphatic heterocycles. The van der Waals surface area contributed by atoms with Crippen molar-refractivity contribution in [2.24, 2.45) is 0 Å². The van der Waals surface area contributed by atoms with Crippen molar-refractivity contribution in [3.05, 3.63) is 54.1 Å². The van der Waals surface area contributed by atoms with Gasteiger partial charge < -0.3 is 20.1 Å². The Morgan fingerprint density at radius 1 is 1.13 bits per heavy atom. The van der Waals surface area contributed by atoms with Crippen LogP contribution in [-0.4, -0.2) is 55.8 Å². The van der Waals surface area contributed by atoms with Crippen LogP contribution in [0.4, 0.5) is 11.4 Å². The molecule has 2 N–H and O–H groups in total. The summed E-state index contributed by atoms with van der Waals surface area (Å²) in [6.07, 6.45) is 3.33. The zero-order valence-corrected chi connectivity index (χ0v) is 17.7. The van der Waals surface area contributed by atoms with Gasteiger partial charge in [-0.2, -0.15) is 0 Å². The van der Waals surface area contributed by atoms with Crippen LogP contribution in [-0.2, 0) is 4.74 Å². The van der Waals surface area contributed by atoms with Crippen LogP contribution in [0.2, 0.25) is 0 Å². The number of hydrogen-bond donors (Lipinski definition) is 2. The van der Waals surface area contributed by atoms with Gasteiger partial charge in [-0.3, -0.25) is 9.69 Å². The molecule has 1 fully saturated rings. The predicted octanol–water partition coefficient (Wildman–Crippen LogP) is 4.00. The highest BCUT2D eigenvalue weighted by molar-refractivity contribution is 6.05. The number of anilines is 2. The average Bonchev–Trinajstić information content (AvgIpc) is 2.77. The molecule has 6 heteroatoms. The van der Waals surface area contributed by atoms with Crippen LogP contribution in [0, 0.1) is 0 Å². The predicted molar refractivity (Wildman–Crippen MR) is 119 cm³/mol. The van der Waals surface area contributed by atoms with Crippen LogP contribution < -0.4 is 15.4 Å². The monoisotopic (exact) mass is 409 g/mol. The minimum atomic E-state index is -0.132. The maximum Gasteiger partial charge on any atom is 0.255 e. The zero-order chi connectivity index (χ0) is 20.8. The van der Waals surface area contributed by atoms with Crippen molar-refractivity contribution in [2.45, 2.75) is 31.7 Å². The quantitative estimate of drug-likeness (QED) is 0.677. The molecule has 2 heterocycles. The minimum absolute atomic E-state index is 0.122. The van der Waals surface area contributed by atoms with Crippen LogP contribution in [0.5, 0.6) is 5.75 Å². The highest BCUT2D eigenvalue weighted by Gasteiger charge is 2.30. The molecule has 2 aromatic rings. The van der Waals surface area contributed by atoms with Crippen LogP contribution in [0.25, 0.3) is 0 Å². The SMILES string of the molecule is CC1(CCCCN2CCOCC2)COc2ccc(C(=O)Nc3ccccc3)cc2N1. The Labute approximate surface area is 178 Å². The Bertz CT molecular complexity index is 852. The Morgan fingerprint density at radius 3 is 2.73 bits per heavy atom. The lowest BCUT2D eigenvalue weighted by molar-refractivity contribution is 0.0369. The van der Waals surface area contributed by atoms with Gasteiger partial charge in [0.1, 0.15) is 12.4 Å². The summed E-state index contributed by atoms with van der Waals surface area (Å²) in [6.45, 7) is 7.74. The number of para-hydroxylation sites is 1. The van der Waals surface area contributed by atoms with Gasteiger partial charge in [0.15, 0.2) is 0 Å². The van der Waals surface area contributed by atoms with Crippen LogP contribution in [0.1, 0.15) is 36.5 Å². The molecule has 1 saturated heterocycles. The van der Waals surface area contributed by atoms with Gasteiger partial charge in [0.2, 0.25) is 0 Å². The third-order valence-corrected chi connectivity index (χ3v) is 5.81. The lowest BCUT2D eigenvalue weighted by Gasteiger charge is -2.37. The summed E-state index contributed by atoms with van der Waals surface area (Å²) < 4.78 is 11.4. The van der Waals surface area contributed by atoms with E-state index in [1.807, 2.05) is 48.5 Å². The molecule has 160 valence electrons. The van der Waals surface area contributed by atoms with E-state index in [2.05, 4.69) is 22.5 Å². The Morgan fingerprint density at radius 2 is 1.93 bits per heavy atom. The van der Waals surface area contributed by atoms with Gasteiger partial charge in [-0.15, -0.1) is 0 Å². The molecule has 1 unspecified atom stereocenters. The molecule has 0 bridgehead atoms. The molecule has 4 rings (SSSR count). The molecular formula is C24H31N3O3. The second-order valence-corrected chi connectivity index (χ2v) is 8.42. The second-order valence-electron chi connectivity index (χ2n) is 8.42. The number of carbonyl (C=O) groups excluding carboxylic acids is 1. The lowest BCUT2D eigenvalue weighted by atomic mass is 9.93. The van der Waals surface area contributed by atoms with E-state index in [0.29, 0.717) is 12.2 Å². The van der Waals surface area contributed by atoms with Crippen molar-refractivity contribution in [1.82, 2.24) is 4.90 Å². The summed E-state index contributed by atoms with van der Waals surface area (Å²) in [5.41, 5.74) is 2.16. The summed E-state index contributed by atoms with van der Waals surface area (Å²) in [5, 5.41) is 6.57. The van der Waals surface area contributed by atoms with Crippen molar-refractivity contribution in [3.63, 3.8) is 0 Å². The molecule has 2 aromatic carbocycles. The first-order valence-corrected chi connectivity index (χ1v) is 10.8. The van der Waals surface area contributed by atoms with Gasteiger partial charge in [-0.25, -0.2) is 0 Å². The number of fused-ring (bicyclic) bond motifs is 1. The number of unbranched alkanes of at least 4 members (excludes halogenated alkanes) is 1. The Kier molecular flexibility index (Phi) is 6.55. The van der Waals surface area contributed by atoms with Crippen molar-refractivity contribution >= 4 is 17.3 Å². The highest BCUT2D eigenvalue weighted by Crippen LogP contribution is 2.35. The fourth-order valence-corrected chi connectivity index (χ4v) is 4.03. The molecule has 2 aliphatic rings. The number of benzene rings is 2. The molecule has 0 saturated carbocycles. The van der Waals surface area contributed by atoms with E-state index in [-0.39, 0.29) is 11.4 Å². The third-order valence-electron chi connectivity index (χ3n) is 5.81. The smallest absolute Gasteiger partial charge is 0.255 e. The summed E-state index contributed by atoms with van der Waals surface area (Å²) in [5.74, 6) is 0.681. The molecular weight excluding hydrogens is 378 g/mol. The van der Waals surface area contributed by atoms with E-state index in [0.717, 1.165) is 62.8 Å². The topological polar surface area (TPSA) is 62.8 Å². The van der Waals surface area contributed by atoms with Crippen molar-refractivity contribution in [2.75, 3.05) is 50.1 Å². The molecule has 6 nitrogen and oxygen atoms in total. The maximum atomic E-state index is 12.6. The highest BCUT2D eigenvalue weighted by atomic mass is 16.5. The molecule has 0 aromatic heterocycles. The summed E-state index contributed by atoms with van der Waals surface area (Å²) in [4.78, 5) is 15.1. The number of hydrogen-bond acceptors (Lipinski definition) is 5. The molecule has 0 aliphatic carbocycles. The van der Waals surface area contributed by atoms with Crippen molar-refractivity contribution < 1.29 is 14.3 Å². The molecule has 30 heavy (non-hydrogen) atoms.